The molecule has 0 unspecified atom stereocenters. The summed E-state index contributed by atoms with van der Waals surface area (Å²) in [5.74, 6) is 0.662. The second-order valence-corrected chi connectivity index (χ2v) is 8.55. The van der Waals surface area contributed by atoms with E-state index in [1.54, 1.807) is 11.9 Å². The van der Waals surface area contributed by atoms with Crippen LogP contribution in [0.4, 0.5) is 5.69 Å². The Morgan fingerprint density at radius 2 is 1.80 bits per heavy atom. The highest BCUT2D eigenvalue weighted by molar-refractivity contribution is 6.09. The van der Waals surface area contributed by atoms with Gasteiger partial charge in [0.15, 0.2) is 0 Å². The fourth-order valence-corrected chi connectivity index (χ4v) is 3.61. The van der Waals surface area contributed by atoms with Gasteiger partial charge in [0, 0.05) is 33.2 Å². The summed E-state index contributed by atoms with van der Waals surface area (Å²) in [6.07, 6.45) is 0. The van der Waals surface area contributed by atoms with Gasteiger partial charge in [0.05, 0.1) is 11.3 Å². The van der Waals surface area contributed by atoms with E-state index in [1.165, 1.54) is 4.90 Å². The first kappa shape index (κ1) is 17.9. The van der Waals surface area contributed by atoms with Crippen molar-refractivity contribution in [3.05, 3.63) is 29.3 Å². The van der Waals surface area contributed by atoms with Gasteiger partial charge in [-0.1, -0.05) is 33.8 Å². The van der Waals surface area contributed by atoms with Crippen LogP contribution in [0.1, 0.15) is 43.6 Å². The van der Waals surface area contributed by atoms with Crippen molar-refractivity contribution >= 4 is 17.5 Å². The van der Waals surface area contributed by atoms with Gasteiger partial charge in [0.2, 0.25) is 5.91 Å². The number of hydrogen-bond acceptors (Lipinski definition) is 3. The van der Waals surface area contributed by atoms with Crippen LogP contribution in [-0.2, 0) is 10.2 Å². The molecule has 2 aliphatic heterocycles. The average Bonchev–Trinajstić information content (AvgIpc) is 2.59. The van der Waals surface area contributed by atoms with Crippen LogP contribution < -0.4 is 4.90 Å². The molecule has 0 atom stereocenters. The number of rotatable bonds is 3. The Labute approximate surface area is 150 Å². The standard InChI is InChI=1S/C20H29N3O2/c1-14-11-22(12-14)8-9-23-17-7-6-15(20(2,3)4)10-16(17)19(25)21(5)13-18(23)24/h6-7,10,14H,8-9,11-13H2,1-5H3. The van der Waals surface area contributed by atoms with E-state index < -0.39 is 0 Å². The first-order valence-corrected chi connectivity index (χ1v) is 9.09. The molecule has 25 heavy (non-hydrogen) atoms. The van der Waals surface area contributed by atoms with E-state index in [0.717, 1.165) is 36.8 Å². The van der Waals surface area contributed by atoms with Gasteiger partial charge in [-0.3, -0.25) is 9.59 Å². The summed E-state index contributed by atoms with van der Waals surface area (Å²) >= 11 is 0. The molecule has 2 amide bonds. The summed E-state index contributed by atoms with van der Waals surface area (Å²) in [4.78, 5) is 31.2. The maximum Gasteiger partial charge on any atom is 0.256 e. The lowest BCUT2D eigenvalue weighted by Gasteiger charge is -2.38. The summed E-state index contributed by atoms with van der Waals surface area (Å²) in [6, 6.07) is 5.96. The van der Waals surface area contributed by atoms with E-state index in [0.29, 0.717) is 12.1 Å². The Morgan fingerprint density at radius 1 is 1.12 bits per heavy atom. The maximum absolute atomic E-state index is 12.8. The molecule has 2 heterocycles. The zero-order chi connectivity index (χ0) is 18.4. The van der Waals surface area contributed by atoms with E-state index in [9.17, 15) is 9.59 Å². The van der Waals surface area contributed by atoms with Crippen LogP contribution in [0, 0.1) is 5.92 Å². The number of fused-ring (bicyclic) bond motifs is 1. The van der Waals surface area contributed by atoms with Crippen LogP contribution in [0.5, 0.6) is 0 Å². The molecule has 0 spiro atoms. The third kappa shape index (κ3) is 3.56. The van der Waals surface area contributed by atoms with Gasteiger partial charge >= 0.3 is 0 Å². The molecule has 3 rings (SSSR count). The minimum absolute atomic E-state index is 0.00770. The minimum Gasteiger partial charge on any atom is -0.332 e. The van der Waals surface area contributed by atoms with Crippen molar-refractivity contribution in [2.24, 2.45) is 5.92 Å². The van der Waals surface area contributed by atoms with Gasteiger partial charge in [-0.15, -0.1) is 0 Å². The maximum atomic E-state index is 12.8. The highest BCUT2D eigenvalue weighted by Crippen LogP contribution is 2.31. The quantitative estimate of drug-likeness (QED) is 0.846. The zero-order valence-corrected chi connectivity index (χ0v) is 16.0. The van der Waals surface area contributed by atoms with E-state index in [-0.39, 0.29) is 23.8 Å². The predicted molar refractivity (Wildman–Crippen MR) is 100 cm³/mol. The monoisotopic (exact) mass is 343 g/mol. The largest absolute Gasteiger partial charge is 0.332 e. The lowest BCUT2D eigenvalue weighted by Crippen LogP contribution is -2.49. The Balaban J connectivity index is 1.92. The summed E-state index contributed by atoms with van der Waals surface area (Å²) in [6.45, 7) is 12.4. The van der Waals surface area contributed by atoms with E-state index in [4.69, 9.17) is 0 Å². The molecule has 0 bridgehead atoms. The molecule has 5 nitrogen and oxygen atoms in total. The second-order valence-electron chi connectivity index (χ2n) is 8.55. The molecule has 0 aromatic heterocycles. The Hall–Kier alpha value is -1.88. The Kier molecular flexibility index (Phi) is 4.62. The predicted octanol–water partition coefficient (Wildman–Crippen LogP) is 2.35. The summed E-state index contributed by atoms with van der Waals surface area (Å²) in [5.41, 5.74) is 2.46. The van der Waals surface area contributed by atoms with Crippen LogP contribution >= 0.6 is 0 Å². The third-order valence-corrected chi connectivity index (χ3v) is 5.18. The molecular formula is C20H29N3O2. The molecule has 2 aliphatic rings. The normalized spacial score (nSPS) is 19.7. The van der Waals surface area contributed by atoms with Crippen molar-refractivity contribution in [3.63, 3.8) is 0 Å². The molecule has 1 aromatic carbocycles. The highest BCUT2D eigenvalue weighted by Gasteiger charge is 2.32. The first-order valence-electron chi connectivity index (χ1n) is 9.09. The van der Waals surface area contributed by atoms with Crippen molar-refractivity contribution in [2.45, 2.75) is 33.1 Å². The number of carbonyl (C=O) groups excluding carboxylic acids is 2. The Bertz CT molecular complexity index is 687. The molecule has 0 radical (unpaired) electrons. The number of nitrogens with zero attached hydrogens (tertiary/aromatic N) is 3. The van der Waals surface area contributed by atoms with Crippen LogP contribution in [0.25, 0.3) is 0 Å². The fraction of sp³-hybridized carbons (Fsp3) is 0.600. The molecule has 1 aromatic rings. The number of carbonyl (C=O) groups is 2. The molecule has 0 N–H and O–H groups in total. The van der Waals surface area contributed by atoms with Crippen molar-refractivity contribution in [2.75, 3.05) is 44.7 Å². The molecule has 1 fully saturated rings. The summed E-state index contributed by atoms with van der Waals surface area (Å²) in [7, 11) is 1.70. The van der Waals surface area contributed by atoms with Gasteiger partial charge < -0.3 is 14.7 Å². The van der Waals surface area contributed by atoms with Gasteiger partial charge in [-0.2, -0.15) is 0 Å². The number of hydrogen-bond donors (Lipinski definition) is 0. The minimum atomic E-state index is -0.0745. The van der Waals surface area contributed by atoms with Crippen LogP contribution in [0.3, 0.4) is 0 Å². The van der Waals surface area contributed by atoms with E-state index in [1.807, 2.05) is 18.2 Å². The Morgan fingerprint density at radius 3 is 2.40 bits per heavy atom. The summed E-state index contributed by atoms with van der Waals surface area (Å²) < 4.78 is 0. The number of benzene rings is 1. The van der Waals surface area contributed by atoms with E-state index >= 15 is 0 Å². The molecule has 5 heteroatoms. The van der Waals surface area contributed by atoms with Gasteiger partial charge in [-0.05, 0) is 29.0 Å². The lowest BCUT2D eigenvalue weighted by molar-refractivity contribution is -0.119. The second kappa shape index (κ2) is 6.45. The number of amides is 2. The molecule has 0 saturated carbocycles. The van der Waals surface area contributed by atoms with Crippen molar-refractivity contribution in [3.8, 4) is 0 Å². The van der Waals surface area contributed by atoms with Crippen molar-refractivity contribution < 1.29 is 9.59 Å². The number of likely N-dealkylation sites (N-methyl/N-ethyl adjacent to an activating group) is 1. The molecular weight excluding hydrogens is 314 g/mol. The van der Waals surface area contributed by atoms with Gasteiger partial charge in [0.1, 0.15) is 6.54 Å². The van der Waals surface area contributed by atoms with Gasteiger partial charge in [-0.25, -0.2) is 0 Å². The SMILES string of the molecule is CC1CN(CCN2C(=O)CN(C)C(=O)c3cc(C(C)(C)C)ccc32)C1. The molecule has 136 valence electrons. The zero-order valence-electron chi connectivity index (χ0n) is 16.0. The highest BCUT2D eigenvalue weighted by atomic mass is 16.2. The van der Waals surface area contributed by atoms with E-state index in [2.05, 4.69) is 32.6 Å². The average molecular weight is 343 g/mol. The number of anilines is 1. The van der Waals surface area contributed by atoms with Crippen molar-refractivity contribution in [1.29, 1.82) is 0 Å². The number of likely N-dealkylation sites (tertiary alicyclic amines) is 1. The fourth-order valence-electron chi connectivity index (χ4n) is 3.61. The topological polar surface area (TPSA) is 43.9 Å². The van der Waals surface area contributed by atoms with Gasteiger partial charge in [0.25, 0.3) is 5.91 Å². The van der Waals surface area contributed by atoms with Crippen LogP contribution in [0.2, 0.25) is 0 Å². The molecule has 1 saturated heterocycles. The van der Waals surface area contributed by atoms with Crippen LogP contribution in [-0.4, -0.2) is 61.4 Å². The van der Waals surface area contributed by atoms with Crippen LogP contribution in [0.15, 0.2) is 18.2 Å². The first-order chi connectivity index (χ1) is 11.7. The van der Waals surface area contributed by atoms with Crippen molar-refractivity contribution in [1.82, 2.24) is 9.80 Å². The smallest absolute Gasteiger partial charge is 0.256 e. The lowest BCUT2D eigenvalue weighted by atomic mass is 9.85. The molecule has 0 aliphatic carbocycles. The third-order valence-electron chi connectivity index (χ3n) is 5.18. The summed E-state index contributed by atoms with van der Waals surface area (Å²) in [5, 5.41) is 0.